The lowest BCUT2D eigenvalue weighted by Gasteiger charge is -2.12. The maximum atomic E-state index is 12.3. The van der Waals surface area contributed by atoms with Crippen molar-refractivity contribution < 1.29 is 4.79 Å². The van der Waals surface area contributed by atoms with Gasteiger partial charge in [0.1, 0.15) is 17.4 Å². The van der Waals surface area contributed by atoms with E-state index in [1.54, 1.807) is 0 Å². The molecule has 0 spiro atoms. The van der Waals surface area contributed by atoms with E-state index >= 15 is 0 Å². The molecule has 4 nitrogen and oxygen atoms in total. The van der Waals surface area contributed by atoms with Gasteiger partial charge >= 0.3 is 0 Å². The van der Waals surface area contributed by atoms with Crippen LogP contribution in [0.25, 0.3) is 0 Å². The second-order valence-corrected chi connectivity index (χ2v) is 7.62. The van der Waals surface area contributed by atoms with E-state index in [4.69, 9.17) is 0 Å². The molecule has 0 atom stereocenters. The molecule has 1 aromatic heterocycles. The number of aryl methyl sites for hydroxylation is 2. The fourth-order valence-corrected chi connectivity index (χ4v) is 4.23. The Morgan fingerprint density at radius 1 is 0.929 bits per heavy atom. The molecule has 0 fully saturated rings. The first-order valence-corrected chi connectivity index (χ1v) is 10.3. The van der Waals surface area contributed by atoms with Gasteiger partial charge in [0, 0.05) is 31.7 Å². The molecule has 4 heteroatoms. The van der Waals surface area contributed by atoms with Crippen LogP contribution in [0.5, 0.6) is 0 Å². The van der Waals surface area contributed by atoms with Gasteiger partial charge in [-0.3, -0.25) is 4.79 Å². The summed E-state index contributed by atoms with van der Waals surface area (Å²) in [5, 5.41) is 8.97. The number of nitrogens with zero attached hydrogens (tertiary/aromatic N) is 3. The number of carbonyl (C=O) groups is 1. The number of fused-ring (bicyclic) bond motifs is 1. The zero-order valence-electron chi connectivity index (χ0n) is 16.5. The van der Waals surface area contributed by atoms with E-state index in [2.05, 4.69) is 58.1 Å². The largest absolute Gasteiger partial charge is 0.315 e. The van der Waals surface area contributed by atoms with Crippen LogP contribution in [-0.4, -0.2) is 20.5 Å². The molecular formula is C24H27N3O. The number of hydrogen-bond donors (Lipinski definition) is 0. The van der Waals surface area contributed by atoms with Gasteiger partial charge in [0.2, 0.25) is 0 Å². The van der Waals surface area contributed by atoms with Crippen molar-refractivity contribution in [3.8, 4) is 0 Å². The number of aromatic nitrogens is 3. The first kappa shape index (κ1) is 18.6. The predicted octanol–water partition coefficient (Wildman–Crippen LogP) is 4.31. The third-order valence-electron chi connectivity index (χ3n) is 5.75. The average Bonchev–Trinajstić information content (AvgIpc) is 3.34. The van der Waals surface area contributed by atoms with Crippen molar-refractivity contribution in [2.45, 2.75) is 57.9 Å². The predicted molar refractivity (Wildman–Crippen MR) is 110 cm³/mol. The minimum absolute atomic E-state index is 0.296. The van der Waals surface area contributed by atoms with Gasteiger partial charge in [0.15, 0.2) is 0 Å². The second kappa shape index (κ2) is 8.51. The summed E-state index contributed by atoms with van der Waals surface area (Å²) < 4.78 is 2.22. The quantitative estimate of drug-likeness (QED) is 0.591. The van der Waals surface area contributed by atoms with Crippen LogP contribution in [0.4, 0.5) is 0 Å². The summed E-state index contributed by atoms with van der Waals surface area (Å²) in [6.07, 6.45) is 4.68. The minimum Gasteiger partial charge on any atom is -0.315 e. The summed E-state index contributed by atoms with van der Waals surface area (Å²) in [5.74, 6) is 2.71. The summed E-state index contributed by atoms with van der Waals surface area (Å²) >= 11 is 0. The molecule has 2 aromatic carbocycles. The molecule has 1 heterocycles. The lowest BCUT2D eigenvalue weighted by Crippen LogP contribution is -2.12. The van der Waals surface area contributed by atoms with Crippen molar-refractivity contribution in [1.29, 1.82) is 0 Å². The van der Waals surface area contributed by atoms with E-state index < -0.39 is 0 Å². The molecular weight excluding hydrogens is 346 g/mol. The third kappa shape index (κ3) is 4.06. The summed E-state index contributed by atoms with van der Waals surface area (Å²) in [4.78, 5) is 12.3. The minimum atomic E-state index is 0.296. The van der Waals surface area contributed by atoms with Crippen molar-refractivity contribution in [2.24, 2.45) is 0 Å². The number of Topliss-reactive ketones (excluding diaryl/α,β-unsaturated/α-hetero) is 1. The fourth-order valence-electron chi connectivity index (χ4n) is 4.23. The van der Waals surface area contributed by atoms with Gasteiger partial charge < -0.3 is 4.57 Å². The summed E-state index contributed by atoms with van der Waals surface area (Å²) in [7, 11) is 0. The molecule has 0 aliphatic heterocycles. The lowest BCUT2D eigenvalue weighted by atomic mass is 10.0. The molecule has 1 aliphatic carbocycles. The Hall–Kier alpha value is -2.75. The number of rotatable bonds is 8. The van der Waals surface area contributed by atoms with Crippen LogP contribution in [-0.2, 0) is 37.0 Å². The Morgan fingerprint density at radius 2 is 1.57 bits per heavy atom. The smallest absolute Gasteiger partial charge is 0.136 e. The molecule has 0 radical (unpaired) electrons. The van der Waals surface area contributed by atoms with E-state index in [9.17, 15) is 4.79 Å². The van der Waals surface area contributed by atoms with Crippen molar-refractivity contribution in [3.05, 3.63) is 82.9 Å². The van der Waals surface area contributed by atoms with Crippen LogP contribution < -0.4 is 0 Å². The van der Waals surface area contributed by atoms with Gasteiger partial charge in [-0.2, -0.15) is 0 Å². The lowest BCUT2D eigenvalue weighted by molar-refractivity contribution is -0.119. The maximum Gasteiger partial charge on any atom is 0.136 e. The number of ketones is 1. The third-order valence-corrected chi connectivity index (χ3v) is 5.75. The Balaban J connectivity index is 1.36. The second-order valence-electron chi connectivity index (χ2n) is 7.62. The first-order chi connectivity index (χ1) is 13.7. The zero-order valence-corrected chi connectivity index (χ0v) is 16.5. The van der Waals surface area contributed by atoms with Crippen molar-refractivity contribution in [1.82, 2.24) is 14.8 Å². The van der Waals surface area contributed by atoms with Crippen LogP contribution in [0, 0.1) is 0 Å². The molecule has 0 N–H and O–H groups in total. The van der Waals surface area contributed by atoms with Gasteiger partial charge in [-0.05, 0) is 42.9 Å². The molecule has 144 valence electrons. The normalized spacial score (nSPS) is 13.6. The standard InChI is InChI=1S/C24H27N3O/c1-2-27-23(15-14-22(28)13-12-18-8-4-3-5-9-18)25-26-24(27)21-16-19-10-6-7-11-20(19)17-21/h3-11,21H,2,12-17H2,1H3. The highest BCUT2D eigenvalue weighted by Crippen LogP contribution is 2.33. The first-order valence-electron chi connectivity index (χ1n) is 10.3. The van der Waals surface area contributed by atoms with Crippen molar-refractivity contribution in [2.75, 3.05) is 0 Å². The molecule has 0 unspecified atom stereocenters. The highest BCUT2D eigenvalue weighted by Gasteiger charge is 2.27. The average molecular weight is 374 g/mol. The SMILES string of the molecule is CCn1c(CCC(=O)CCc2ccccc2)nnc1C1Cc2ccccc2C1. The Bertz CT molecular complexity index is 920. The molecule has 0 saturated carbocycles. The summed E-state index contributed by atoms with van der Waals surface area (Å²) in [5.41, 5.74) is 4.07. The van der Waals surface area contributed by atoms with Crippen LogP contribution in [0.3, 0.4) is 0 Å². The fraction of sp³-hybridized carbons (Fsp3) is 0.375. The van der Waals surface area contributed by atoms with Gasteiger partial charge in [0.05, 0.1) is 0 Å². The van der Waals surface area contributed by atoms with Crippen molar-refractivity contribution >= 4 is 5.78 Å². The van der Waals surface area contributed by atoms with E-state index in [0.717, 1.165) is 37.5 Å². The Labute approximate surface area is 166 Å². The van der Waals surface area contributed by atoms with Crippen LogP contribution in [0.15, 0.2) is 54.6 Å². The van der Waals surface area contributed by atoms with E-state index in [1.807, 2.05) is 18.2 Å². The Kier molecular flexibility index (Phi) is 5.65. The molecule has 1 aliphatic rings. The van der Waals surface area contributed by atoms with Gasteiger partial charge in [-0.15, -0.1) is 10.2 Å². The molecule has 0 saturated heterocycles. The van der Waals surface area contributed by atoms with Crippen LogP contribution >= 0.6 is 0 Å². The topological polar surface area (TPSA) is 47.8 Å². The highest BCUT2D eigenvalue weighted by atomic mass is 16.1. The molecule has 3 aromatic rings. The van der Waals surface area contributed by atoms with Gasteiger partial charge in [0.25, 0.3) is 0 Å². The van der Waals surface area contributed by atoms with E-state index in [0.29, 0.717) is 31.0 Å². The molecule has 0 bridgehead atoms. The molecule has 28 heavy (non-hydrogen) atoms. The summed E-state index contributed by atoms with van der Waals surface area (Å²) in [6.45, 7) is 2.98. The van der Waals surface area contributed by atoms with Crippen LogP contribution in [0.2, 0.25) is 0 Å². The molecule has 0 amide bonds. The van der Waals surface area contributed by atoms with Crippen molar-refractivity contribution in [3.63, 3.8) is 0 Å². The maximum absolute atomic E-state index is 12.3. The Morgan fingerprint density at radius 3 is 2.25 bits per heavy atom. The van der Waals surface area contributed by atoms with Crippen LogP contribution in [0.1, 0.15) is 54.0 Å². The number of carbonyl (C=O) groups excluding carboxylic acids is 1. The number of hydrogen-bond acceptors (Lipinski definition) is 3. The zero-order chi connectivity index (χ0) is 19.3. The molecule has 4 rings (SSSR count). The highest BCUT2D eigenvalue weighted by molar-refractivity contribution is 5.78. The van der Waals surface area contributed by atoms with Gasteiger partial charge in [-0.25, -0.2) is 0 Å². The summed E-state index contributed by atoms with van der Waals surface area (Å²) in [6, 6.07) is 18.8. The van der Waals surface area contributed by atoms with Gasteiger partial charge in [-0.1, -0.05) is 54.6 Å². The van der Waals surface area contributed by atoms with E-state index in [-0.39, 0.29) is 0 Å². The number of benzene rings is 2. The monoisotopic (exact) mass is 373 g/mol. The van der Waals surface area contributed by atoms with E-state index in [1.165, 1.54) is 16.7 Å².